The van der Waals surface area contributed by atoms with Gasteiger partial charge in [0, 0.05) is 6.07 Å². The lowest BCUT2D eigenvalue weighted by atomic mass is 10.1. The summed E-state index contributed by atoms with van der Waals surface area (Å²) in [7, 11) is 0. The minimum atomic E-state index is -0.197. The number of fused-ring (bicyclic) bond motifs is 1. The number of Topliss-reactive ketones (excluding diaryl/α,β-unsaturated/α-hetero) is 1. The van der Waals surface area contributed by atoms with Crippen LogP contribution in [0, 0.1) is 13.8 Å². The van der Waals surface area contributed by atoms with Gasteiger partial charge in [-0.1, -0.05) is 59.1 Å². The normalized spacial score (nSPS) is 14.1. The van der Waals surface area contributed by atoms with Crippen LogP contribution in [0.1, 0.15) is 32.6 Å². The van der Waals surface area contributed by atoms with E-state index in [9.17, 15) is 4.79 Å². The second-order valence-electron chi connectivity index (χ2n) is 6.96. The van der Waals surface area contributed by atoms with Gasteiger partial charge in [0.05, 0.1) is 15.6 Å². The SMILES string of the molecule is Cc1ccc(C)c(COc2ccc3c(c2)O/C(=C\c2cccc(Cl)c2Cl)C3=O)c1. The molecule has 0 atom stereocenters. The topological polar surface area (TPSA) is 35.5 Å². The molecule has 0 radical (unpaired) electrons. The van der Waals surface area contributed by atoms with Crippen LogP contribution in [0.2, 0.25) is 10.0 Å². The molecule has 0 bridgehead atoms. The maximum absolute atomic E-state index is 12.7. The molecular weight excluding hydrogens is 407 g/mol. The van der Waals surface area contributed by atoms with Crippen LogP contribution in [0.4, 0.5) is 0 Å². The fourth-order valence-electron chi connectivity index (χ4n) is 3.15. The second-order valence-corrected chi connectivity index (χ2v) is 7.74. The monoisotopic (exact) mass is 424 g/mol. The van der Waals surface area contributed by atoms with Crippen molar-refractivity contribution in [3.63, 3.8) is 0 Å². The molecule has 146 valence electrons. The minimum absolute atomic E-state index is 0.197. The molecule has 0 amide bonds. The van der Waals surface area contributed by atoms with E-state index >= 15 is 0 Å². The van der Waals surface area contributed by atoms with E-state index in [4.69, 9.17) is 32.7 Å². The molecule has 1 heterocycles. The minimum Gasteiger partial charge on any atom is -0.489 e. The summed E-state index contributed by atoms with van der Waals surface area (Å²) >= 11 is 12.3. The number of benzene rings is 3. The Kier molecular flexibility index (Phi) is 5.35. The van der Waals surface area contributed by atoms with Crippen LogP contribution in [0.3, 0.4) is 0 Å². The van der Waals surface area contributed by atoms with Crippen LogP contribution in [0.25, 0.3) is 6.08 Å². The fraction of sp³-hybridized carbons (Fsp3) is 0.125. The summed E-state index contributed by atoms with van der Waals surface area (Å²) in [5.74, 6) is 1.12. The van der Waals surface area contributed by atoms with Gasteiger partial charge in [-0.3, -0.25) is 4.79 Å². The van der Waals surface area contributed by atoms with Crippen molar-refractivity contribution in [2.24, 2.45) is 0 Å². The first-order chi connectivity index (χ1) is 13.9. The first-order valence-electron chi connectivity index (χ1n) is 9.13. The van der Waals surface area contributed by atoms with Gasteiger partial charge >= 0.3 is 0 Å². The van der Waals surface area contributed by atoms with E-state index in [0.717, 1.165) is 5.56 Å². The summed E-state index contributed by atoms with van der Waals surface area (Å²) in [5.41, 5.74) is 4.60. The van der Waals surface area contributed by atoms with Crippen LogP contribution >= 0.6 is 23.2 Å². The zero-order valence-electron chi connectivity index (χ0n) is 16.0. The van der Waals surface area contributed by atoms with Crippen molar-refractivity contribution in [2.45, 2.75) is 20.5 Å². The number of ether oxygens (including phenoxy) is 2. The second kappa shape index (κ2) is 7.94. The Labute approximate surface area is 179 Å². The maximum Gasteiger partial charge on any atom is 0.231 e. The van der Waals surface area contributed by atoms with Crippen molar-refractivity contribution in [1.29, 1.82) is 0 Å². The number of carbonyl (C=O) groups excluding carboxylic acids is 1. The molecule has 3 aromatic rings. The van der Waals surface area contributed by atoms with Gasteiger partial charge in [0.1, 0.15) is 18.1 Å². The van der Waals surface area contributed by atoms with Gasteiger partial charge in [-0.2, -0.15) is 0 Å². The van der Waals surface area contributed by atoms with Crippen molar-refractivity contribution in [3.05, 3.63) is 98.2 Å². The molecule has 0 aliphatic carbocycles. The average Bonchev–Trinajstić information content (AvgIpc) is 3.01. The van der Waals surface area contributed by atoms with E-state index in [-0.39, 0.29) is 11.5 Å². The molecule has 0 unspecified atom stereocenters. The Bertz CT molecular complexity index is 1150. The summed E-state index contributed by atoms with van der Waals surface area (Å²) < 4.78 is 11.7. The predicted octanol–water partition coefficient (Wildman–Crippen LogP) is 6.81. The van der Waals surface area contributed by atoms with E-state index in [1.807, 2.05) is 0 Å². The number of carbonyl (C=O) groups is 1. The highest BCUT2D eigenvalue weighted by molar-refractivity contribution is 6.43. The molecule has 29 heavy (non-hydrogen) atoms. The predicted molar refractivity (Wildman–Crippen MR) is 116 cm³/mol. The quantitative estimate of drug-likeness (QED) is 0.431. The molecule has 3 nitrogen and oxygen atoms in total. The number of allylic oxidation sites excluding steroid dienone is 1. The number of hydrogen-bond acceptors (Lipinski definition) is 3. The van der Waals surface area contributed by atoms with Gasteiger partial charge in [0.15, 0.2) is 5.76 Å². The van der Waals surface area contributed by atoms with E-state index in [1.165, 1.54) is 11.1 Å². The van der Waals surface area contributed by atoms with Crippen molar-refractivity contribution in [2.75, 3.05) is 0 Å². The van der Waals surface area contributed by atoms with Gasteiger partial charge < -0.3 is 9.47 Å². The molecule has 0 saturated heterocycles. The standard InChI is InChI=1S/C24H18Cl2O3/c1-14-6-7-15(2)17(10-14)13-28-18-8-9-19-21(12-18)29-22(24(19)27)11-16-4-3-5-20(25)23(16)26/h3-12H,13H2,1-2H3/b22-11-. The zero-order chi connectivity index (χ0) is 20.5. The highest BCUT2D eigenvalue weighted by Gasteiger charge is 2.28. The maximum atomic E-state index is 12.7. The largest absolute Gasteiger partial charge is 0.489 e. The summed E-state index contributed by atoms with van der Waals surface area (Å²) in [4.78, 5) is 12.7. The Balaban J connectivity index is 1.55. The Hall–Kier alpha value is -2.75. The lowest BCUT2D eigenvalue weighted by Gasteiger charge is -2.10. The number of hydrogen-bond donors (Lipinski definition) is 0. The first kappa shape index (κ1) is 19.6. The molecule has 3 aromatic carbocycles. The van der Waals surface area contributed by atoms with Gasteiger partial charge in [-0.05, 0) is 54.8 Å². The van der Waals surface area contributed by atoms with Gasteiger partial charge in [0.2, 0.25) is 5.78 Å². The van der Waals surface area contributed by atoms with Gasteiger partial charge in [-0.25, -0.2) is 0 Å². The molecule has 0 spiro atoms. The van der Waals surface area contributed by atoms with Crippen molar-refractivity contribution in [3.8, 4) is 11.5 Å². The smallest absolute Gasteiger partial charge is 0.231 e. The molecule has 1 aliphatic heterocycles. The van der Waals surface area contributed by atoms with E-state index in [1.54, 1.807) is 42.5 Å². The Morgan fingerprint density at radius 2 is 1.86 bits per heavy atom. The number of ketones is 1. The lowest BCUT2D eigenvalue weighted by molar-refractivity contribution is 0.101. The van der Waals surface area contributed by atoms with Crippen LogP contribution in [-0.4, -0.2) is 5.78 Å². The van der Waals surface area contributed by atoms with Crippen molar-refractivity contribution in [1.82, 2.24) is 0 Å². The average molecular weight is 425 g/mol. The van der Waals surface area contributed by atoms with Gasteiger partial charge in [0.25, 0.3) is 0 Å². The molecule has 0 N–H and O–H groups in total. The molecule has 0 aromatic heterocycles. The third kappa shape index (κ3) is 4.02. The molecule has 5 heteroatoms. The van der Waals surface area contributed by atoms with Crippen molar-refractivity contribution < 1.29 is 14.3 Å². The van der Waals surface area contributed by atoms with Gasteiger partial charge in [-0.15, -0.1) is 0 Å². The van der Waals surface area contributed by atoms with Crippen LogP contribution < -0.4 is 9.47 Å². The molecular formula is C24H18Cl2O3. The highest BCUT2D eigenvalue weighted by Crippen LogP contribution is 2.36. The third-order valence-corrected chi connectivity index (χ3v) is 5.64. The fourth-order valence-corrected chi connectivity index (χ4v) is 3.51. The molecule has 0 fully saturated rings. The summed E-state index contributed by atoms with van der Waals surface area (Å²) in [5, 5.41) is 0.803. The van der Waals surface area contributed by atoms with E-state index in [0.29, 0.717) is 39.3 Å². The Morgan fingerprint density at radius 1 is 1.03 bits per heavy atom. The number of aryl methyl sites for hydroxylation is 2. The van der Waals surface area contributed by atoms with Crippen molar-refractivity contribution >= 4 is 35.1 Å². The third-order valence-electron chi connectivity index (χ3n) is 4.81. The van der Waals surface area contributed by atoms with Crippen LogP contribution in [-0.2, 0) is 6.61 Å². The summed E-state index contributed by atoms with van der Waals surface area (Å²) in [6.07, 6.45) is 1.60. The Morgan fingerprint density at radius 3 is 2.69 bits per heavy atom. The molecule has 1 aliphatic rings. The first-order valence-corrected chi connectivity index (χ1v) is 9.89. The number of halogens is 2. The van der Waals surface area contributed by atoms with Crippen LogP contribution in [0.15, 0.2) is 60.4 Å². The molecule has 0 saturated carbocycles. The van der Waals surface area contributed by atoms with E-state index in [2.05, 4.69) is 32.0 Å². The zero-order valence-corrected chi connectivity index (χ0v) is 17.5. The highest BCUT2D eigenvalue weighted by atomic mass is 35.5. The summed E-state index contributed by atoms with van der Waals surface area (Å²) in [6, 6.07) is 16.7. The lowest BCUT2D eigenvalue weighted by Crippen LogP contribution is -1.99. The molecule has 4 rings (SSSR count). The van der Waals surface area contributed by atoms with E-state index < -0.39 is 0 Å². The van der Waals surface area contributed by atoms with Crippen LogP contribution in [0.5, 0.6) is 11.5 Å². The number of rotatable bonds is 4. The summed E-state index contributed by atoms with van der Waals surface area (Å²) in [6.45, 7) is 4.56.